The van der Waals surface area contributed by atoms with Gasteiger partial charge in [-0.3, -0.25) is 9.59 Å². The van der Waals surface area contributed by atoms with Gasteiger partial charge in [0.2, 0.25) is 11.8 Å². The second-order valence-electron chi connectivity index (χ2n) is 7.18. The minimum atomic E-state index is -4.45. The maximum Gasteiger partial charge on any atom is 0.416 e. The fourth-order valence-electron chi connectivity index (χ4n) is 3.77. The zero-order valence-electron chi connectivity index (χ0n) is 14.9. The number of piperidine rings is 1. The van der Waals surface area contributed by atoms with Gasteiger partial charge in [-0.25, -0.2) is 0 Å². The molecule has 0 radical (unpaired) electrons. The van der Waals surface area contributed by atoms with Crippen LogP contribution in [0.1, 0.15) is 49.7 Å². The Kier molecular flexibility index (Phi) is 5.74. The van der Waals surface area contributed by atoms with Gasteiger partial charge in [0.05, 0.1) is 11.1 Å². The van der Waals surface area contributed by atoms with E-state index in [9.17, 15) is 22.8 Å². The van der Waals surface area contributed by atoms with Crippen LogP contribution in [0.3, 0.4) is 0 Å². The van der Waals surface area contributed by atoms with Crippen molar-refractivity contribution in [3.05, 3.63) is 35.4 Å². The Hall–Kier alpha value is -2.09. The van der Waals surface area contributed by atoms with Crippen LogP contribution in [0, 0.1) is 0 Å². The monoisotopic (exact) mass is 384 g/mol. The number of halogens is 3. The molecule has 2 amide bonds. The van der Waals surface area contributed by atoms with Crippen molar-refractivity contribution in [2.24, 2.45) is 0 Å². The van der Waals surface area contributed by atoms with Crippen LogP contribution in [0.25, 0.3) is 0 Å². The van der Waals surface area contributed by atoms with Crippen LogP contribution in [0.15, 0.2) is 24.3 Å². The van der Waals surface area contributed by atoms with Crippen LogP contribution >= 0.6 is 0 Å². The average molecular weight is 384 g/mol. The Balaban J connectivity index is 1.79. The normalized spacial score (nSPS) is 22.8. The summed E-state index contributed by atoms with van der Waals surface area (Å²) in [5, 5.41) is 5.74. The second-order valence-corrected chi connectivity index (χ2v) is 7.18. The molecule has 2 saturated heterocycles. The molecule has 27 heavy (non-hydrogen) atoms. The van der Waals surface area contributed by atoms with Crippen molar-refractivity contribution in [3.8, 4) is 0 Å². The van der Waals surface area contributed by atoms with Gasteiger partial charge in [-0.2, -0.15) is 13.2 Å². The number of ether oxygens (including phenoxy) is 1. The number of hydrogen-bond acceptors (Lipinski definition) is 3. The first kappa shape index (κ1) is 19.7. The van der Waals surface area contributed by atoms with Gasteiger partial charge in [-0.1, -0.05) is 12.1 Å². The van der Waals surface area contributed by atoms with E-state index in [0.717, 1.165) is 25.0 Å². The van der Waals surface area contributed by atoms with Crippen molar-refractivity contribution in [2.75, 3.05) is 13.2 Å². The largest absolute Gasteiger partial charge is 0.416 e. The lowest BCUT2D eigenvalue weighted by Gasteiger charge is -2.39. The molecule has 5 nitrogen and oxygen atoms in total. The highest BCUT2D eigenvalue weighted by Gasteiger charge is 2.39. The van der Waals surface area contributed by atoms with Gasteiger partial charge in [0.25, 0.3) is 0 Å². The Morgan fingerprint density at radius 1 is 1.30 bits per heavy atom. The summed E-state index contributed by atoms with van der Waals surface area (Å²) in [5.74, 6) is -0.348. The molecule has 0 aromatic heterocycles. The summed E-state index contributed by atoms with van der Waals surface area (Å²) in [7, 11) is 0. The van der Waals surface area contributed by atoms with Gasteiger partial charge in [0.15, 0.2) is 0 Å². The quantitative estimate of drug-likeness (QED) is 0.839. The van der Waals surface area contributed by atoms with E-state index in [2.05, 4.69) is 10.6 Å². The van der Waals surface area contributed by atoms with Crippen LogP contribution < -0.4 is 10.6 Å². The first-order chi connectivity index (χ1) is 12.8. The minimum absolute atomic E-state index is 0.0716. The fourth-order valence-corrected chi connectivity index (χ4v) is 3.77. The maximum absolute atomic E-state index is 13.1. The molecule has 2 aliphatic rings. The molecule has 2 fully saturated rings. The molecule has 148 valence electrons. The molecule has 1 atom stereocenters. The first-order valence-corrected chi connectivity index (χ1v) is 9.14. The number of benzene rings is 1. The molecule has 1 aromatic carbocycles. The third-order valence-electron chi connectivity index (χ3n) is 5.22. The lowest BCUT2D eigenvalue weighted by molar-refractivity contribution is -0.137. The van der Waals surface area contributed by atoms with E-state index >= 15 is 0 Å². The summed E-state index contributed by atoms with van der Waals surface area (Å²) in [5.41, 5.74) is -1.20. The van der Waals surface area contributed by atoms with E-state index in [1.165, 1.54) is 6.07 Å². The van der Waals surface area contributed by atoms with E-state index in [1.54, 1.807) is 6.07 Å². The lowest BCUT2D eigenvalue weighted by Crippen LogP contribution is -2.51. The van der Waals surface area contributed by atoms with Gasteiger partial charge < -0.3 is 15.4 Å². The third-order valence-corrected chi connectivity index (χ3v) is 5.22. The molecule has 1 aromatic rings. The van der Waals surface area contributed by atoms with E-state index in [4.69, 9.17) is 4.74 Å². The molecule has 8 heteroatoms. The summed E-state index contributed by atoms with van der Waals surface area (Å²) in [6.07, 6.45) is -1.61. The van der Waals surface area contributed by atoms with Crippen molar-refractivity contribution >= 4 is 11.8 Å². The number of nitrogens with one attached hydrogen (secondary N) is 2. The summed E-state index contributed by atoms with van der Waals surface area (Å²) >= 11 is 0. The number of rotatable bonds is 4. The van der Waals surface area contributed by atoms with Crippen LogP contribution in [-0.2, 0) is 26.0 Å². The third kappa shape index (κ3) is 4.80. The average Bonchev–Trinajstić information content (AvgIpc) is 2.62. The van der Waals surface area contributed by atoms with Crippen LogP contribution in [0.2, 0.25) is 0 Å². The van der Waals surface area contributed by atoms with Crippen molar-refractivity contribution in [1.82, 2.24) is 10.6 Å². The minimum Gasteiger partial charge on any atom is -0.381 e. The highest BCUT2D eigenvalue weighted by Crippen LogP contribution is 2.36. The summed E-state index contributed by atoms with van der Waals surface area (Å²) in [6, 6.07) is 4.88. The first-order valence-electron chi connectivity index (χ1n) is 9.14. The van der Waals surface area contributed by atoms with Gasteiger partial charge >= 0.3 is 6.18 Å². The predicted molar refractivity (Wildman–Crippen MR) is 91.7 cm³/mol. The maximum atomic E-state index is 13.1. The molecule has 3 rings (SSSR count). The fraction of sp³-hybridized carbons (Fsp3) is 0.579. The van der Waals surface area contributed by atoms with Crippen LogP contribution in [0.5, 0.6) is 0 Å². The topological polar surface area (TPSA) is 67.4 Å². The van der Waals surface area contributed by atoms with E-state index in [0.29, 0.717) is 38.0 Å². The molecule has 2 aliphatic heterocycles. The Labute approximate surface area is 155 Å². The predicted octanol–water partition coefficient (Wildman–Crippen LogP) is 2.89. The van der Waals surface area contributed by atoms with Crippen molar-refractivity contribution in [3.63, 3.8) is 0 Å². The van der Waals surface area contributed by atoms with Crippen LogP contribution in [0.4, 0.5) is 13.2 Å². The lowest BCUT2D eigenvalue weighted by atomic mass is 9.81. The summed E-state index contributed by atoms with van der Waals surface area (Å²) < 4.78 is 44.7. The summed E-state index contributed by atoms with van der Waals surface area (Å²) in [4.78, 5) is 24.1. The molecule has 0 aliphatic carbocycles. The molecule has 2 heterocycles. The van der Waals surface area contributed by atoms with Crippen molar-refractivity contribution in [2.45, 2.75) is 56.3 Å². The number of amides is 2. The Bertz CT molecular complexity index is 700. The molecule has 1 unspecified atom stereocenters. The molecule has 0 spiro atoms. The SMILES string of the molecule is O=C1CCCC(CC(=O)NC2(c3cccc(C(F)(F)F)c3)CCOCC2)N1. The molecule has 2 N–H and O–H groups in total. The zero-order valence-corrected chi connectivity index (χ0v) is 14.9. The zero-order chi connectivity index (χ0) is 19.5. The van der Waals surface area contributed by atoms with Crippen LogP contribution in [-0.4, -0.2) is 31.1 Å². The smallest absolute Gasteiger partial charge is 0.381 e. The highest BCUT2D eigenvalue weighted by atomic mass is 19.4. The number of carbonyl (C=O) groups is 2. The molecular formula is C19H23F3N2O3. The molecular weight excluding hydrogens is 361 g/mol. The Morgan fingerprint density at radius 3 is 2.70 bits per heavy atom. The standard InChI is InChI=1S/C19H23F3N2O3/c20-19(21,22)14-4-1-3-13(11-14)18(7-9-27-10-8-18)24-17(26)12-15-5-2-6-16(25)23-15/h1,3-4,11,15H,2,5-10,12H2,(H,23,25)(H,24,26). The number of alkyl halides is 3. The van der Waals surface area contributed by atoms with E-state index in [-0.39, 0.29) is 24.3 Å². The highest BCUT2D eigenvalue weighted by molar-refractivity contribution is 5.81. The Morgan fingerprint density at radius 2 is 2.04 bits per heavy atom. The van der Waals surface area contributed by atoms with Gasteiger partial charge in [-0.15, -0.1) is 0 Å². The summed E-state index contributed by atoms with van der Waals surface area (Å²) in [6.45, 7) is 0.716. The number of carbonyl (C=O) groups excluding carboxylic acids is 2. The van der Waals surface area contributed by atoms with Gasteiger partial charge in [0.1, 0.15) is 0 Å². The number of hydrogen-bond donors (Lipinski definition) is 2. The second kappa shape index (κ2) is 7.88. The van der Waals surface area contributed by atoms with E-state index < -0.39 is 17.3 Å². The van der Waals surface area contributed by atoms with Gasteiger partial charge in [-0.05, 0) is 43.4 Å². The van der Waals surface area contributed by atoms with E-state index in [1.807, 2.05) is 0 Å². The van der Waals surface area contributed by atoms with Gasteiger partial charge in [0, 0.05) is 32.1 Å². The molecule has 0 bridgehead atoms. The van der Waals surface area contributed by atoms with Crippen molar-refractivity contribution in [1.29, 1.82) is 0 Å². The molecule has 0 saturated carbocycles. The van der Waals surface area contributed by atoms with Crippen molar-refractivity contribution < 1.29 is 27.5 Å².